The topological polar surface area (TPSA) is 55.6 Å². The maximum absolute atomic E-state index is 11.5. The zero-order chi connectivity index (χ0) is 10.7. The number of nitrogens with two attached hydrogens (primary N) is 1. The molecule has 0 aromatic heterocycles. The van der Waals surface area contributed by atoms with E-state index in [4.69, 9.17) is 10.5 Å². The molecule has 4 nitrogen and oxygen atoms in total. The van der Waals surface area contributed by atoms with Crippen molar-refractivity contribution in [2.75, 3.05) is 18.0 Å². The van der Waals surface area contributed by atoms with E-state index in [-0.39, 0.29) is 12.2 Å². The van der Waals surface area contributed by atoms with Gasteiger partial charge in [-0.25, -0.2) is 4.79 Å². The Labute approximate surface area is 88.6 Å². The summed E-state index contributed by atoms with van der Waals surface area (Å²) >= 11 is 0. The van der Waals surface area contributed by atoms with Gasteiger partial charge in [0.05, 0.1) is 6.54 Å². The molecule has 1 fully saturated rings. The maximum Gasteiger partial charge on any atom is 0.414 e. The number of benzene rings is 1. The molecular formula is C11H14N2O2. The molecule has 4 heteroatoms. The highest BCUT2D eigenvalue weighted by atomic mass is 16.6. The molecule has 1 aromatic carbocycles. The van der Waals surface area contributed by atoms with Crippen LogP contribution in [-0.4, -0.2) is 25.3 Å². The van der Waals surface area contributed by atoms with Crippen molar-refractivity contribution >= 4 is 11.8 Å². The number of anilines is 1. The van der Waals surface area contributed by atoms with Gasteiger partial charge in [-0.3, -0.25) is 4.90 Å². The average molecular weight is 206 g/mol. The van der Waals surface area contributed by atoms with Gasteiger partial charge in [0.25, 0.3) is 0 Å². The molecule has 1 saturated heterocycles. The predicted octanol–water partition coefficient (Wildman–Crippen LogP) is 1.36. The van der Waals surface area contributed by atoms with Crippen LogP contribution in [0.4, 0.5) is 10.5 Å². The van der Waals surface area contributed by atoms with Gasteiger partial charge in [-0.05, 0) is 25.1 Å². The maximum atomic E-state index is 11.5. The smallest absolute Gasteiger partial charge is 0.414 e. The van der Waals surface area contributed by atoms with Crippen LogP contribution in [0.3, 0.4) is 0 Å². The summed E-state index contributed by atoms with van der Waals surface area (Å²) in [6, 6.07) is 9.51. The van der Waals surface area contributed by atoms with E-state index in [1.54, 1.807) is 4.90 Å². The van der Waals surface area contributed by atoms with E-state index in [1.165, 1.54) is 0 Å². The summed E-state index contributed by atoms with van der Waals surface area (Å²) in [5.74, 6) is 0. The normalized spacial score (nSPS) is 20.5. The minimum Gasteiger partial charge on any atom is -0.444 e. The Kier molecular flexibility index (Phi) is 2.87. The van der Waals surface area contributed by atoms with E-state index >= 15 is 0 Å². The Morgan fingerprint density at radius 3 is 2.80 bits per heavy atom. The van der Waals surface area contributed by atoms with E-state index in [1.807, 2.05) is 30.3 Å². The van der Waals surface area contributed by atoms with Crippen LogP contribution < -0.4 is 10.6 Å². The van der Waals surface area contributed by atoms with Gasteiger partial charge in [-0.15, -0.1) is 0 Å². The van der Waals surface area contributed by atoms with Crippen molar-refractivity contribution in [3.63, 3.8) is 0 Å². The first-order valence-corrected chi connectivity index (χ1v) is 5.04. The van der Waals surface area contributed by atoms with Crippen LogP contribution in [0.5, 0.6) is 0 Å². The minimum atomic E-state index is -0.278. The van der Waals surface area contributed by atoms with Crippen molar-refractivity contribution in [2.24, 2.45) is 5.73 Å². The second kappa shape index (κ2) is 4.31. The fraction of sp³-hybridized carbons (Fsp3) is 0.364. The van der Waals surface area contributed by atoms with Gasteiger partial charge in [0.1, 0.15) is 6.10 Å². The number of carbonyl (C=O) groups is 1. The first-order chi connectivity index (χ1) is 7.31. The third-order valence-electron chi connectivity index (χ3n) is 2.43. The van der Waals surface area contributed by atoms with Crippen LogP contribution in [0.1, 0.15) is 6.42 Å². The molecule has 1 aromatic rings. The molecule has 0 bridgehead atoms. The third-order valence-corrected chi connectivity index (χ3v) is 2.43. The van der Waals surface area contributed by atoms with E-state index in [0.29, 0.717) is 13.1 Å². The second-order valence-electron chi connectivity index (χ2n) is 3.53. The quantitative estimate of drug-likeness (QED) is 0.812. The van der Waals surface area contributed by atoms with Crippen LogP contribution >= 0.6 is 0 Å². The minimum absolute atomic E-state index is 0.0669. The van der Waals surface area contributed by atoms with Crippen molar-refractivity contribution in [1.82, 2.24) is 0 Å². The molecule has 1 atom stereocenters. The summed E-state index contributed by atoms with van der Waals surface area (Å²) < 4.78 is 5.18. The van der Waals surface area contributed by atoms with E-state index in [0.717, 1.165) is 12.1 Å². The van der Waals surface area contributed by atoms with Crippen molar-refractivity contribution in [3.8, 4) is 0 Å². The lowest BCUT2D eigenvalue weighted by Gasteiger charge is -2.12. The molecule has 1 aliphatic rings. The summed E-state index contributed by atoms with van der Waals surface area (Å²) in [5.41, 5.74) is 6.30. The molecule has 1 heterocycles. The lowest BCUT2D eigenvalue weighted by molar-refractivity contribution is 0.138. The summed E-state index contributed by atoms with van der Waals surface area (Å²) in [7, 11) is 0. The SMILES string of the molecule is NCCC1CN(c2ccccc2)C(=O)O1. The van der Waals surface area contributed by atoms with Crippen molar-refractivity contribution in [2.45, 2.75) is 12.5 Å². The van der Waals surface area contributed by atoms with Gasteiger partial charge in [0.2, 0.25) is 0 Å². The number of rotatable bonds is 3. The first-order valence-electron chi connectivity index (χ1n) is 5.04. The molecule has 80 valence electrons. The van der Waals surface area contributed by atoms with Crippen LogP contribution in [0, 0.1) is 0 Å². The monoisotopic (exact) mass is 206 g/mol. The van der Waals surface area contributed by atoms with Crippen molar-refractivity contribution in [1.29, 1.82) is 0 Å². The van der Waals surface area contributed by atoms with Crippen molar-refractivity contribution in [3.05, 3.63) is 30.3 Å². The molecular weight excluding hydrogens is 192 g/mol. The number of cyclic esters (lactones) is 1. The summed E-state index contributed by atoms with van der Waals surface area (Å²) in [6.07, 6.45) is 0.372. The van der Waals surface area contributed by atoms with Crippen LogP contribution in [0.2, 0.25) is 0 Å². The van der Waals surface area contributed by atoms with E-state index < -0.39 is 0 Å². The molecule has 15 heavy (non-hydrogen) atoms. The lowest BCUT2D eigenvalue weighted by Crippen LogP contribution is -2.24. The highest BCUT2D eigenvalue weighted by Gasteiger charge is 2.31. The fourth-order valence-corrected chi connectivity index (χ4v) is 1.68. The molecule has 1 amide bonds. The Balaban J connectivity index is 2.09. The summed E-state index contributed by atoms with van der Waals surface area (Å²) in [6.45, 7) is 1.14. The van der Waals surface area contributed by atoms with E-state index in [9.17, 15) is 4.79 Å². The molecule has 0 saturated carbocycles. The standard InChI is InChI=1S/C11H14N2O2/c12-7-6-10-8-13(11(14)15-10)9-4-2-1-3-5-9/h1-5,10H,6-8,12H2. The van der Waals surface area contributed by atoms with Crippen molar-refractivity contribution < 1.29 is 9.53 Å². The average Bonchev–Trinajstić information content (AvgIpc) is 2.61. The highest BCUT2D eigenvalue weighted by Crippen LogP contribution is 2.21. The number of carbonyl (C=O) groups excluding carboxylic acids is 1. The van der Waals surface area contributed by atoms with Gasteiger partial charge in [-0.2, -0.15) is 0 Å². The van der Waals surface area contributed by atoms with Crippen LogP contribution in [0.25, 0.3) is 0 Å². The second-order valence-corrected chi connectivity index (χ2v) is 3.53. The van der Waals surface area contributed by atoms with Gasteiger partial charge in [-0.1, -0.05) is 18.2 Å². The molecule has 0 radical (unpaired) electrons. The number of hydrogen-bond acceptors (Lipinski definition) is 3. The predicted molar refractivity (Wildman–Crippen MR) is 57.7 cm³/mol. The fourth-order valence-electron chi connectivity index (χ4n) is 1.68. The Morgan fingerprint density at radius 2 is 2.13 bits per heavy atom. The lowest BCUT2D eigenvalue weighted by atomic mass is 10.2. The molecule has 1 unspecified atom stereocenters. The molecule has 2 N–H and O–H groups in total. The Hall–Kier alpha value is -1.55. The van der Waals surface area contributed by atoms with Gasteiger partial charge in [0, 0.05) is 5.69 Å². The molecule has 1 aliphatic heterocycles. The Morgan fingerprint density at radius 1 is 1.40 bits per heavy atom. The zero-order valence-corrected chi connectivity index (χ0v) is 8.43. The summed E-state index contributed by atoms with van der Waals surface area (Å²) in [4.78, 5) is 13.2. The largest absolute Gasteiger partial charge is 0.444 e. The number of nitrogens with zero attached hydrogens (tertiary/aromatic N) is 1. The number of amides is 1. The van der Waals surface area contributed by atoms with Gasteiger partial charge < -0.3 is 10.5 Å². The summed E-state index contributed by atoms with van der Waals surface area (Å²) in [5, 5.41) is 0. The zero-order valence-electron chi connectivity index (χ0n) is 8.43. The Bertz CT molecular complexity index is 340. The molecule has 2 rings (SSSR count). The highest BCUT2D eigenvalue weighted by molar-refractivity contribution is 5.89. The number of hydrogen-bond donors (Lipinski definition) is 1. The number of para-hydroxylation sites is 1. The number of ether oxygens (including phenoxy) is 1. The van der Waals surface area contributed by atoms with Gasteiger partial charge >= 0.3 is 6.09 Å². The van der Waals surface area contributed by atoms with Gasteiger partial charge in [0.15, 0.2) is 0 Å². The molecule has 0 aliphatic carbocycles. The van der Waals surface area contributed by atoms with Crippen LogP contribution in [-0.2, 0) is 4.74 Å². The molecule has 0 spiro atoms. The van der Waals surface area contributed by atoms with E-state index in [2.05, 4.69) is 0 Å². The third kappa shape index (κ3) is 2.10. The first kappa shape index (κ1) is 9.98. The van der Waals surface area contributed by atoms with Crippen LogP contribution in [0.15, 0.2) is 30.3 Å².